The van der Waals surface area contributed by atoms with Crippen molar-refractivity contribution in [3.8, 4) is 0 Å². The average Bonchev–Trinajstić information content (AvgIpc) is 3.01. The Morgan fingerprint density at radius 3 is 2.75 bits per heavy atom. The van der Waals surface area contributed by atoms with Gasteiger partial charge in [-0.05, 0) is 43.5 Å². The molecule has 1 aliphatic rings. The van der Waals surface area contributed by atoms with Gasteiger partial charge in [0.25, 0.3) is 0 Å². The van der Waals surface area contributed by atoms with E-state index in [1.165, 1.54) is 19.3 Å². The molecule has 1 aliphatic carbocycles. The van der Waals surface area contributed by atoms with Crippen molar-refractivity contribution < 1.29 is 0 Å². The van der Waals surface area contributed by atoms with E-state index in [0.29, 0.717) is 11.1 Å². The smallest absolute Gasteiger partial charge is 0.0468 e. The summed E-state index contributed by atoms with van der Waals surface area (Å²) in [6, 6.07) is 5.99. The summed E-state index contributed by atoms with van der Waals surface area (Å²) in [6.07, 6.45) is 4.12. The number of hydrogen-bond acceptors (Lipinski definition) is 1. The lowest BCUT2D eigenvalue weighted by atomic mass is 10.1. The molecule has 1 fully saturated rings. The largest absolute Gasteiger partial charge is 0.310 e. The van der Waals surface area contributed by atoms with Crippen LogP contribution in [0.4, 0.5) is 0 Å². The molecule has 1 N–H and O–H groups in total. The molecule has 3 heteroatoms. The molecule has 1 atom stereocenters. The van der Waals surface area contributed by atoms with E-state index in [1.807, 2.05) is 12.1 Å². The Bertz CT molecular complexity index is 361. The minimum atomic E-state index is 0.295. The van der Waals surface area contributed by atoms with Crippen molar-refractivity contribution in [1.29, 1.82) is 0 Å². The third-order valence-electron chi connectivity index (χ3n) is 3.13. The highest BCUT2D eigenvalue weighted by molar-refractivity contribution is 6.35. The molecular formula is C13H17Cl2N. The third-order valence-corrected chi connectivity index (χ3v) is 3.69. The van der Waals surface area contributed by atoms with Crippen molar-refractivity contribution >= 4 is 23.2 Å². The molecular weight excluding hydrogens is 241 g/mol. The molecule has 0 saturated heterocycles. The van der Waals surface area contributed by atoms with Gasteiger partial charge in [-0.2, -0.15) is 0 Å². The summed E-state index contributed by atoms with van der Waals surface area (Å²) in [4.78, 5) is 0. The zero-order valence-corrected chi connectivity index (χ0v) is 11.0. The van der Waals surface area contributed by atoms with E-state index in [9.17, 15) is 0 Å². The standard InChI is InChI=1S/C13H17Cl2N/c1-9(16-7-6-10-2-3-10)12-5-4-11(14)8-13(12)15/h4-5,8-10,16H,2-3,6-7H2,1H3. The first kappa shape index (κ1) is 12.2. The molecule has 1 aromatic carbocycles. The maximum atomic E-state index is 6.15. The van der Waals surface area contributed by atoms with E-state index in [1.54, 1.807) is 6.07 Å². The van der Waals surface area contributed by atoms with Gasteiger partial charge in [0.2, 0.25) is 0 Å². The predicted octanol–water partition coefficient (Wildman–Crippen LogP) is 4.44. The first-order valence-corrected chi connectivity index (χ1v) is 6.60. The van der Waals surface area contributed by atoms with Crippen LogP contribution in [0.3, 0.4) is 0 Å². The second-order valence-electron chi connectivity index (χ2n) is 4.57. The number of nitrogens with one attached hydrogen (secondary N) is 1. The monoisotopic (exact) mass is 257 g/mol. The molecule has 0 amide bonds. The zero-order valence-electron chi connectivity index (χ0n) is 9.47. The Morgan fingerprint density at radius 1 is 1.38 bits per heavy atom. The number of rotatable bonds is 5. The Balaban J connectivity index is 1.88. The van der Waals surface area contributed by atoms with Crippen LogP contribution in [-0.2, 0) is 0 Å². The van der Waals surface area contributed by atoms with E-state index in [-0.39, 0.29) is 0 Å². The van der Waals surface area contributed by atoms with Gasteiger partial charge in [-0.1, -0.05) is 42.1 Å². The Morgan fingerprint density at radius 2 is 2.12 bits per heavy atom. The second kappa shape index (κ2) is 5.39. The van der Waals surface area contributed by atoms with Crippen molar-refractivity contribution in [2.45, 2.75) is 32.2 Å². The van der Waals surface area contributed by atoms with Crippen molar-refractivity contribution in [3.63, 3.8) is 0 Å². The Kier molecular flexibility index (Phi) is 4.12. The molecule has 1 saturated carbocycles. The molecule has 1 unspecified atom stereocenters. The van der Waals surface area contributed by atoms with E-state index < -0.39 is 0 Å². The first-order chi connectivity index (χ1) is 7.66. The van der Waals surface area contributed by atoms with E-state index >= 15 is 0 Å². The molecule has 16 heavy (non-hydrogen) atoms. The van der Waals surface area contributed by atoms with Gasteiger partial charge in [0.05, 0.1) is 0 Å². The highest BCUT2D eigenvalue weighted by Gasteiger charge is 2.20. The summed E-state index contributed by atoms with van der Waals surface area (Å²) in [5.41, 5.74) is 1.13. The van der Waals surface area contributed by atoms with Gasteiger partial charge in [-0.25, -0.2) is 0 Å². The van der Waals surface area contributed by atoms with Gasteiger partial charge >= 0.3 is 0 Å². The highest BCUT2D eigenvalue weighted by Crippen LogP contribution is 2.32. The normalized spacial score (nSPS) is 17.4. The average molecular weight is 258 g/mol. The van der Waals surface area contributed by atoms with Crippen LogP contribution in [-0.4, -0.2) is 6.54 Å². The molecule has 2 rings (SSSR count). The summed E-state index contributed by atoms with van der Waals surface area (Å²) in [6.45, 7) is 3.22. The van der Waals surface area contributed by atoms with Gasteiger partial charge in [-0.3, -0.25) is 0 Å². The fourth-order valence-corrected chi connectivity index (χ4v) is 2.45. The van der Waals surface area contributed by atoms with Gasteiger partial charge < -0.3 is 5.32 Å². The molecule has 1 aromatic rings. The van der Waals surface area contributed by atoms with Crippen LogP contribution in [0.2, 0.25) is 10.0 Å². The molecule has 0 spiro atoms. The van der Waals surface area contributed by atoms with Gasteiger partial charge in [0.15, 0.2) is 0 Å². The quantitative estimate of drug-likeness (QED) is 0.823. The van der Waals surface area contributed by atoms with Crippen molar-refractivity contribution in [1.82, 2.24) is 5.32 Å². The second-order valence-corrected chi connectivity index (χ2v) is 5.42. The molecule has 0 heterocycles. The lowest BCUT2D eigenvalue weighted by molar-refractivity contribution is 0.540. The zero-order chi connectivity index (χ0) is 11.5. The van der Waals surface area contributed by atoms with E-state index in [4.69, 9.17) is 23.2 Å². The lowest BCUT2D eigenvalue weighted by Crippen LogP contribution is -2.20. The maximum absolute atomic E-state index is 6.15. The summed E-state index contributed by atoms with van der Waals surface area (Å²) >= 11 is 12.0. The van der Waals surface area contributed by atoms with E-state index in [2.05, 4.69) is 12.2 Å². The molecule has 0 radical (unpaired) electrons. The molecule has 1 nitrogen and oxygen atoms in total. The SMILES string of the molecule is CC(NCCC1CC1)c1ccc(Cl)cc1Cl. The van der Waals surface area contributed by atoms with Gasteiger partial charge in [-0.15, -0.1) is 0 Å². The lowest BCUT2D eigenvalue weighted by Gasteiger charge is -2.15. The van der Waals surface area contributed by atoms with Crippen molar-refractivity contribution in [3.05, 3.63) is 33.8 Å². The maximum Gasteiger partial charge on any atom is 0.0468 e. The Hall–Kier alpha value is -0.240. The van der Waals surface area contributed by atoms with Gasteiger partial charge in [0.1, 0.15) is 0 Å². The van der Waals surface area contributed by atoms with Crippen LogP contribution >= 0.6 is 23.2 Å². The Labute approximate surface area is 107 Å². The van der Waals surface area contributed by atoms with E-state index in [0.717, 1.165) is 23.0 Å². The molecule has 88 valence electrons. The molecule has 0 bridgehead atoms. The van der Waals surface area contributed by atoms with Crippen LogP contribution in [0.15, 0.2) is 18.2 Å². The molecule has 0 aliphatic heterocycles. The number of hydrogen-bond donors (Lipinski definition) is 1. The highest BCUT2D eigenvalue weighted by atomic mass is 35.5. The number of halogens is 2. The topological polar surface area (TPSA) is 12.0 Å². The van der Waals surface area contributed by atoms with Crippen LogP contribution < -0.4 is 5.32 Å². The summed E-state index contributed by atoms with van der Waals surface area (Å²) in [7, 11) is 0. The minimum Gasteiger partial charge on any atom is -0.310 e. The van der Waals surface area contributed by atoms with Gasteiger partial charge in [0, 0.05) is 16.1 Å². The summed E-state index contributed by atoms with van der Waals surface area (Å²) in [5.74, 6) is 0.973. The summed E-state index contributed by atoms with van der Waals surface area (Å²) < 4.78 is 0. The van der Waals surface area contributed by atoms with Crippen molar-refractivity contribution in [2.75, 3.05) is 6.54 Å². The van der Waals surface area contributed by atoms with Crippen LogP contribution in [0.1, 0.15) is 37.8 Å². The fraction of sp³-hybridized carbons (Fsp3) is 0.538. The molecule has 0 aromatic heterocycles. The van der Waals surface area contributed by atoms with Crippen LogP contribution in [0, 0.1) is 5.92 Å². The number of benzene rings is 1. The third kappa shape index (κ3) is 3.38. The predicted molar refractivity (Wildman–Crippen MR) is 70.2 cm³/mol. The minimum absolute atomic E-state index is 0.295. The summed E-state index contributed by atoms with van der Waals surface area (Å²) in [5, 5.41) is 4.95. The van der Waals surface area contributed by atoms with Crippen molar-refractivity contribution in [2.24, 2.45) is 5.92 Å². The van der Waals surface area contributed by atoms with Crippen LogP contribution in [0.5, 0.6) is 0 Å². The first-order valence-electron chi connectivity index (χ1n) is 5.85. The van der Waals surface area contributed by atoms with Crippen LogP contribution in [0.25, 0.3) is 0 Å². The fourth-order valence-electron chi connectivity index (χ4n) is 1.87.